The summed E-state index contributed by atoms with van der Waals surface area (Å²) in [6.45, 7) is 5.53. The Bertz CT molecular complexity index is 352. The van der Waals surface area contributed by atoms with E-state index < -0.39 is 0 Å². The summed E-state index contributed by atoms with van der Waals surface area (Å²) in [7, 11) is 0. The fourth-order valence-corrected chi connectivity index (χ4v) is 1.85. The topological polar surface area (TPSA) is 20.3 Å². The van der Waals surface area contributed by atoms with Gasteiger partial charge in [-0.3, -0.25) is 4.79 Å². The number of rotatable bonds is 5. The van der Waals surface area contributed by atoms with Gasteiger partial charge in [-0.2, -0.15) is 0 Å². The van der Waals surface area contributed by atoms with Crippen LogP contribution in [0, 0.1) is 6.92 Å². The Labute approximate surface area is 102 Å². The quantitative estimate of drug-likeness (QED) is 0.724. The molecule has 0 aromatic heterocycles. The molecule has 2 nitrogen and oxygen atoms in total. The zero-order chi connectivity index (χ0) is 12.0. The highest BCUT2D eigenvalue weighted by molar-refractivity contribution is 6.27. The van der Waals surface area contributed by atoms with Gasteiger partial charge < -0.3 is 4.90 Å². The fourth-order valence-electron chi connectivity index (χ4n) is 1.68. The summed E-state index contributed by atoms with van der Waals surface area (Å²) >= 11 is 5.59. The molecule has 88 valence electrons. The molecule has 0 atom stereocenters. The minimum atomic E-state index is 0.00465. The maximum absolute atomic E-state index is 11.6. The lowest BCUT2D eigenvalue weighted by atomic mass is 10.1. The van der Waals surface area contributed by atoms with Crippen molar-refractivity contribution in [1.82, 2.24) is 4.90 Å². The summed E-state index contributed by atoms with van der Waals surface area (Å²) in [4.78, 5) is 13.4. The maximum atomic E-state index is 11.6. The second-order valence-electron chi connectivity index (χ2n) is 3.94. The molecule has 0 aliphatic rings. The molecule has 0 aliphatic heterocycles. The number of aryl methyl sites for hydroxylation is 1. The minimum Gasteiger partial charge on any atom is -0.337 e. The summed E-state index contributed by atoms with van der Waals surface area (Å²) < 4.78 is 0. The van der Waals surface area contributed by atoms with Crippen LogP contribution >= 0.6 is 11.6 Å². The van der Waals surface area contributed by atoms with E-state index in [1.54, 1.807) is 0 Å². The van der Waals surface area contributed by atoms with Gasteiger partial charge in [-0.25, -0.2) is 0 Å². The van der Waals surface area contributed by atoms with Crippen molar-refractivity contribution in [3.63, 3.8) is 0 Å². The number of carbonyl (C=O) groups is 1. The molecule has 0 heterocycles. The first kappa shape index (κ1) is 13.0. The van der Waals surface area contributed by atoms with Gasteiger partial charge >= 0.3 is 0 Å². The smallest absolute Gasteiger partial charge is 0.237 e. The van der Waals surface area contributed by atoms with Crippen LogP contribution in [-0.2, 0) is 11.3 Å². The van der Waals surface area contributed by atoms with Gasteiger partial charge in [-0.1, -0.05) is 36.8 Å². The second-order valence-corrected chi connectivity index (χ2v) is 4.21. The molecule has 0 spiro atoms. The summed E-state index contributed by atoms with van der Waals surface area (Å²) in [5, 5.41) is 0. The molecule has 0 saturated heterocycles. The van der Waals surface area contributed by atoms with Crippen LogP contribution in [0.4, 0.5) is 0 Å². The first-order valence-corrected chi connectivity index (χ1v) is 6.10. The molecule has 0 N–H and O–H groups in total. The minimum absolute atomic E-state index is 0.00465. The van der Waals surface area contributed by atoms with Crippen LogP contribution in [0.25, 0.3) is 0 Å². The van der Waals surface area contributed by atoms with Crippen molar-refractivity contribution in [2.75, 3.05) is 12.4 Å². The molecule has 1 rings (SSSR count). The van der Waals surface area contributed by atoms with Crippen LogP contribution in [0.3, 0.4) is 0 Å². The van der Waals surface area contributed by atoms with Gasteiger partial charge in [0, 0.05) is 13.1 Å². The number of amides is 1. The summed E-state index contributed by atoms with van der Waals surface area (Å²) in [6, 6.07) is 8.21. The molecule has 1 aromatic rings. The Balaban J connectivity index is 2.71. The highest BCUT2D eigenvalue weighted by Gasteiger charge is 2.11. The molecule has 1 aromatic carbocycles. The normalized spacial score (nSPS) is 10.2. The van der Waals surface area contributed by atoms with Crippen molar-refractivity contribution in [1.29, 1.82) is 0 Å². The van der Waals surface area contributed by atoms with E-state index in [2.05, 4.69) is 26.0 Å². The highest BCUT2D eigenvalue weighted by Crippen LogP contribution is 2.08. The first-order valence-electron chi connectivity index (χ1n) is 5.56. The average Bonchev–Trinajstić information content (AvgIpc) is 2.27. The summed E-state index contributed by atoms with van der Waals surface area (Å²) in [5.74, 6) is 0.0660. The Morgan fingerprint density at radius 3 is 2.75 bits per heavy atom. The lowest BCUT2D eigenvalue weighted by molar-refractivity contribution is -0.129. The number of carbonyl (C=O) groups excluding carboxylic acids is 1. The molecular weight excluding hydrogens is 222 g/mol. The lowest BCUT2D eigenvalue weighted by Crippen LogP contribution is -2.32. The lowest BCUT2D eigenvalue weighted by Gasteiger charge is -2.21. The molecule has 0 unspecified atom stereocenters. The molecule has 16 heavy (non-hydrogen) atoms. The van der Waals surface area contributed by atoms with Crippen molar-refractivity contribution in [2.24, 2.45) is 0 Å². The van der Waals surface area contributed by atoms with Crippen LogP contribution in [-0.4, -0.2) is 23.2 Å². The third-order valence-corrected chi connectivity index (χ3v) is 2.65. The molecule has 3 heteroatoms. The van der Waals surface area contributed by atoms with Gasteiger partial charge in [-0.15, -0.1) is 11.6 Å². The predicted molar refractivity (Wildman–Crippen MR) is 67.6 cm³/mol. The van der Waals surface area contributed by atoms with Gasteiger partial charge in [-0.05, 0) is 18.9 Å². The van der Waals surface area contributed by atoms with E-state index in [4.69, 9.17) is 11.6 Å². The molecular formula is C13H18ClNO. The van der Waals surface area contributed by atoms with Gasteiger partial charge in [0.05, 0.1) is 0 Å². The zero-order valence-corrected chi connectivity index (χ0v) is 10.6. The number of hydrogen-bond acceptors (Lipinski definition) is 1. The van der Waals surface area contributed by atoms with Crippen LogP contribution in [0.2, 0.25) is 0 Å². The monoisotopic (exact) mass is 239 g/mol. The summed E-state index contributed by atoms with van der Waals surface area (Å²) in [6.07, 6.45) is 0.953. The molecule has 0 radical (unpaired) electrons. The maximum Gasteiger partial charge on any atom is 0.237 e. The number of halogens is 1. The number of nitrogens with zero attached hydrogens (tertiary/aromatic N) is 1. The van der Waals surface area contributed by atoms with Crippen molar-refractivity contribution in [3.05, 3.63) is 35.4 Å². The van der Waals surface area contributed by atoms with Gasteiger partial charge in [0.2, 0.25) is 5.91 Å². The van der Waals surface area contributed by atoms with E-state index in [1.807, 2.05) is 17.0 Å². The second kappa shape index (κ2) is 6.54. The Kier molecular flexibility index (Phi) is 5.33. The molecule has 0 aliphatic carbocycles. The zero-order valence-electron chi connectivity index (χ0n) is 9.87. The van der Waals surface area contributed by atoms with Crippen molar-refractivity contribution >= 4 is 17.5 Å². The third kappa shape index (κ3) is 3.86. The first-order chi connectivity index (χ1) is 7.67. The van der Waals surface area contributed by atoms with Crippen molar-refractivity contribution in [3.8, 4) is 0 Å². The predicted octanol–water partition coefficient (Wildman–Crippen LogP) is 2.97. The number of hydrogen-bond donors (Lipinski definition) is 0. The highest BCUT2D eigenvalue weighted by atomic mass is 35.5. The van der Waals surface area contributed by atoms with Crippen LogP contribution in [0.1, 0.15) is 24.5 Å². The van der Waals surface area contributed by atoms with Crippen LogP contribution in [0.5, 0.6) is 0 Å². The Morgan fingerprint density at radius 1 is 1.44 bits per heavy atom. The van der Waals surface area contributed by atoms with E-state index in [-0.39, 0.29) is 11.8 Å². The fraction of sp³-hybridized carbons (Fsp3) is 0.462. The number of benzene rings is 1. The van der Waals surface area contributed by atoms with E-state index in [0.717, 1.165) is 18.5 Å². The van der Waals surface area contributed by atoms with Gasteiger partial charge in [0.25, 0.3) is 0 Å². The van der Waals surface area contributed by atoms with Gasteiger partial charge in [0.1, 0.15) is 5.88 Å². The molecule has 0 fully saturated rings. The largest absolute Gasteiger partial charge is 0.337 e. The van der Waals surface area contributed by atoms with Crippen LogP contribution < -0.4 is 0 Å². The number of alkyl halides is 1. The Hall–Kier alpha value is -1.02. The SMILES string of the molecule is CCCN(Cc1cccc(C)c1)C(=O)CCl. The Morgan fingerprint density at radius 2 is 2.19 bits per heavy atom. The molecule has 0 bridgehead atoms. The van der Waals surface area contributed by atoms with Crippen LogP contribution in [0.15, 0.2) is 24.3 Å². The average molecular weight is 240 g/mol. The van der Waals surface area contributed by atoms with Crippen molar-refractivity contribution < 1.29 is 4.79 Å². The van der Waals surface area contributed by atoms with E-state index in [1.165, 1.54) is 5.56 Å². The van der Waals surface area contributed by atoms with E-state index in [0.29, 0.717) is 6.54 Å². The third-order valence-electron chi connectivity index (χ3n) is 2.42. The summed E-state index contributed by atoms with van der Waals surface area (Å²) in [5.41, 5.74) is 2.37. The molecule has 1 amide bonds. The van der Waals surface area contributed by atoms with E-state index in [9.17, 15) is 4.79 Å². The van der Waals surface area contributed by atoms with Crippen molar-refractivity contribution in [2.45, 2.75) is 26.8 Å². The molecule has 0 saturated carbocycles. The van der Waals surface area contributed by atoms with Gasteiger partial charge in [0.15, 0.2) is 0 Å². The standard InChI is InChI=1S/C13H18ClNO/c1-3-7-15(13(16)9-14)10-12-6-4-5-11(2)8-12/h4-6,8H,3,7,9-10H2,1-2H3. The van der Waals surface area contributed by atoms with E-state index >= 15 is 0 Å².